The molecule has 5 rings (SSSR count). The zero-order chi connectivity index (χ0) is 18.8. The molecule has 4 nitrogen and oxygen atoms in total. The molecule has 0 saturated carbocycles. The van der Waals surface area contributed by atoms with Crippen molar-refractivity contribution in [3.8, 4) is 11.1 Å². The minimum Gasteiger partial charge on any atom is -0.299 e. The van der Waals surface area contributed by atoms with E-state index in [1.54, 1.807) is 0 Å². The van der Waals surface area contributed by atoms with E-state index in [0.717, 1.165) is 19.6 Å². The lowest BCUT2D eigenvalue weighted by atomic mass is 9.84. The van der Waals surface area contributed by atoms with Gasteiger partial charge in [-0.2, -0.15) is 0 Å². The van der Waals surface area contributed by atoms with E-state index in [-0.39, 0.29) is 0 Å². The molecule has 28 heavy (non-hydrogen) atoms. The van der Waals surface area contributed by atoms with Gasteiger partial charge < -0.3 is 0 Å². The molecule has 2 saturated heterocycles. The Labute approximate surface area is 166 Å². The van der Waals surface area contributed by atoms with Gasteiger partial charge in [0.1, 0.15) is 0 Å². The average molecular weight is 371 g/mol. The number of hydrogen-bond acceptors (Lipinski definition) is 4. The fraction of sp³-hybridized carbons (Fsp3) is 0.292. The monoisotopic (exact) mass is 370 g/mol. The molecule has 3 unspecified atom stereocenters. The molecular weight excluding hydrogens is 344 g/mol. The Morgan fingerprint density at radius 3 is 2.50 bits per heavy atom. The number of hydrazine groups is 1. The molecule has 142 valence electrons. The molecule has 2 N–H and O–H groups in total. The van der Waals surface area contributed by atoms with Gasteiger partial charge in [-0.15, -0.1) is 0 Å². The molecule has 3 aromatic rings. The summed E-state index contributed by atoms with van der Waals surface area (Å²) in [6.45, 7) is 3.21. The summed E-state index contributed by atoms with van der Waals surface area (Å²) < 4.78 is 0. The van der Waals surface area contributed by atoms with Gasteiger partial charge in [-0.25, -0.2) is 5.43 Å². The third-order valence-electron chi connectivity index (χ3n) is 6.10. The molecule has 4 heteroatoms. The minimum absolute atomic E-state index is 0.353. The Morgan fingerprint density at radius 1 is 0.893 bits per heavy atom. The van der Waals surface area contributed by atoms with E-state index in [2.05, 4.69) is 81.4 Å². The number of likely N-dealkylation sites (tertiary alicyclic amines) is 1. The van der Waals surface area contributed by atoms with Gasteiger partial charge in [0.05, 0.1) is 6.04 Å². The van der Waals surface area contributed by atoms with Crippen molar-refractivity contribution in [1.29, 1.82) is 0 Å². The van der Waals surface area contributed by atoms with Crippen molar-refractivity contribution in [3.05, 3.63) is 90.3 Å². The summed E-state index contributed by atoms with van der Waals surface area (Å²) in [5, 5.41) is 0. The van der Waals surface area contributed by atoms with Crippen molar-refractivity contribution in [3.63, 3.8) is 0 Å². The van der Waals surface area contributed by atoms with Crippen molar-refractivity contribution in [2.24, 2.45) is 5.92 Å². The maximum absolute atomic E-state index is 4.26. The molecular formula is C24H26N4. The molecule has 0 spiro atoms. The van der Waals surface area contributed by atoms with Gasteiger partial charge in [0.2, 0.25) is 0 Å². The number of fused-ring (bicyclic) bond motifs is 1. The summed E-state index contributed by atoms with van der Waals surface area (Å²) in [5.41, 5.74) is 12.3. The number of hydrogen-bond donors (Lipinski definition) is 2. The van der Waals surface area contributed by atoms with Gasteiger partial charge in [-0.3, -0.25) is 15.3 Å². The standard InChI is InChI=1S/C24H26N4/c1-2-6-19(7-3-1)20-8-10-21(11-9-20)24-22-17-28(14-12-23(22)26-27-24)16-18-5-4-13-25-15-18/h1-11,13,15,22-24,26-27H,12,14,16-17H2. The highest BCUT2D eigenvalue weighted by Crippen LogP contribution is 2.34. The molecule has 2 aromatic carbocycles. The SMILES string of the molecule is c1ccc(-c2ccc(C3NNC4CCN(Cc5cccnc5)CC43)cc2)cc1. The van der Waals surface area contributed by atoms with E-state index in [1.807, 2.05) is 18.5 Å². The Bertz CT molecular complexity index is 895. The average Bonchev–Trinajstić information content (AvgIpc) is 3.18. The van der Waals surface area contributed by atoms with Crippen molar-refractivity contribution < 1.29 is 0 Å². The second-order valence-electron chi connectivity index (χ2n) is 7.91. The van der Waals surface area contributed by atoms with Gasteiger partial charge in [0, 0.05) is 44.0 Å². The first-order chi connectivity index (χ1) is 13.9. The van der Waals surface area contributed by atoms with Crippen LogP contribution in [0.4, 0.5) is 0 Å². The topological polar surface area (TPSA) is 40.2 Å². The first-order valence-corrected chi connectivity index (χ1v) is 10.1. The second-order valence-corrected chi connectivity index (χ2v) is 7.91. The first-order valence-electron chi connectivity index (χ1n) is 10.1. The molecule has 2 aliphatic rings. The zero-order valence-electron chi connectivity index (χ0n) is 16.0. The number of nitrogens with one attached hydrogen (secondary N) is 2. The number of aromatic nitrogens is 1. The van der Waals surface area contributed by atoms with E-state index in [1.165, 1.54) is 28.7 Å². The van der Waals surface area contributed by atoms with Gasteiger partial charge in [0.15, 0.2) is 0 Å². The van der Waals surface area contributed by atoms with Gasteiger partial charge >= 0.3 is 0 Å². The lowest BCUT2D eigenvalue weighted by molar-refractivity contribution is 0.148. The Balaban J connectivity index is 1.30. The fourth-order valence-corrected chi connectivity index (χ4v) is 4.61. The summed E-state index contributed by atoms with van der Waals surface area (Å²) in [6, 6.07) is 24.7. The fourth-order valence-electron chi connectivity index (χ4n) is 4.61. The van der Waals surface area contributed by atoms with Crippen LogP contribution in [0.25, 0.3) is 11.1 Å². The van der Waals surface area contributed by atoms with E-state index >= 15 is 0 Å². The van der Waals surface area contributed by atoms with Gasteiger partial charge in [-0.1, -0.05) is 60.7 Å². The third kappa shape index (κ3) is 3.59. The first kappa shape index (κ1) is 17.6. The van der Waals surface area contributed by atoms with Crippen LogP contribution < -0.4 is 10.9 Å². The van der Waals surface area contributed by atoms with Crippen molar-refractivity contribution in [1.82, 2.24) is 20.7 Å². The van der Waals surface area contributed by atoms with Gasteiger partial charge in [-0.05, 0) is 34.7 Å². The molecule has 0 radical (unpaired) electrons. The predicted molar refractivity (Wildman–Crippen MR) is 112 cm³/mol. The maximum Gasteiger partial charge on any atom is 0.0518 e. The highest BCUT2D eigenvalue weighted by molar-refractivity contribution is 5.63. The van der Waals surface area contributed by atoms with Crippen molar-refractivity contribution in [2.75, 3.05) is 13.1 Å². The van der Waals surface area contributed by atoms with Crippen LogP contribution in [0.3, 0.4) is 0 Å². The maximum atomic E-state index is 4.26. The summed E-state index contributed by atoms with van der Waals surface area (Å²) in [7, 11) is 0. The van der Waals surface area contributed by atoms with Crippen LogP contribution in [-0.2, 0) is 6.54 Å². The smallest absolute Gasteiger partial charge is 0.0518 e. The normalized spacial score (nSPS) is 24.8. The molecule has 1 aromatic heterocycles. The van der Waals surface area contributed by atoms with Crippen LogP contribution in [-0.4, -0.2) is 29.0 Å². The summed E-state index contributed by atoms with van der Waals surface area (Å²) in [5.74, 6) is 0.577. The molecule has 0 aliphatic carbocycles. The third-order valence-corrected chi connectivity index (χ3v) is 6.10. The second kappa shape index (κ2) is 7.84. The van der Waals surface area contributed by atoms with E-state index < -0.39 is 0 Å². The molecule has 3 atom stereocenters. The van der Waals surface area contributed by atoms with Crippen LogP contribution in [0.2, 0.25) is 0 Å². The highest BCUT2D eigenvalue weighted by Gasteiger charge is 2.40. The quantitative estimate of drug-likeness (QED) is 0.733. The highest BCUT2D eigenvalue weighted by atomic mass is 15.4. The Hall–Kier alpha value is -2.53. The van der Waals surface area contributed by atoms with E-state index in [9.17, 15) is 0 Å². The lowest BCUT2D eigenvalue weighted by Gasteiger charge is -2.36. The molecule has 0 bridgehead atoms. The largest absolute Gasteiger partial charge is 0.299 e. The molecule has 2 aliphatic heterocycles. The Kier molecular flexibility index (Phi) is 4.92. The van der Waals surface area contributed by atoms with E-state index in [0.29, 0.717) is 18.0 Å². The van der Waals surface area contributed by atoms with E-state index in [4.69, 9.17) is 0 Å². The van der Waals surface area contributed by atoms with Gasteiger partial charge in [0.25, 0.3) is 0 Å². The molecule has 2 fully saturated rings. The lowest BCUT2D eigenvalue weighted by Crippen LogP contribution is -2.45. The number of pyridine rings is 1. The van der Waals surface area contributed by atoms with Crippen molar-refractivity contribution in [2.45, 2.75) is 25.0 Å². The summed E-state index contributed by atoms with van der Waals surface area (Å²) >= 11 is 0. The summed E-state index contributed by atoms with van der Waals surface area (Å²) in [6.07, 6.45) is 5.00. The number of piperidine rings is 1. The minimum atomic E-state index is 0.353. The van der Waals surface area contributed by atoms with Crippen LogP contribution in [0.1, 0.15) is 23.6 Å². The predicted octanol–water partition coefficient (Wildman–Crippen LogP) is 3.79. The molecule has 0 amide bonds. The number of nitrogens with zero attached hydrogens (tertiary/aromatic N) is 2. The zero-order valence-corrected chi connectivity index (χ0v) is 16.0. The van der Waals surface area contributed by atoms with Crippen LogP contribution in [0, 0.1) is 5.92 Å². The van der Waals surface area contributed by atoms with Crippen LogP contribution in [0.15, 0.2) is 79.1 Å². The summed E-state index contributed by atoms with van der Waals surface area (Å²) in [4.78, 5) is 6.83. The number of benzene rings is 2. The van der Waals surface area contributed by atoms with Crippen LogP contribution in [0.5, 0.6) is 0 Å². The molecule has 3 heterocycles. The number of rotatable bonds is 4. The van der Waals surface area contributed by atoms with Crippen molar-refractivity contribution >= 4 is 0 Å². The Morgan fingerprint density at radius 2 is 1.71 bits per heavy atom. The van der Waals surface area contributed by atoms with Crippen LogP contribution >= 0.6 is 0 Å².